The summed E-state index contributed by atoms with van der Waals surface area (Å²) < 4.78 is 0. The molecule has 5 heteroatoms. The summed E-state index contributed by atoms with van der Waals surface area (Å²) in [5.41, 5.74) is 0. The fourth-order valence-corrected chi connectivity index (χ4v) is 0. The van der Waals surface area contributed by atoms with Gasteiger partial charge >= 0.3 is 42.9 Å². The van der Waals surface area contributed by atoms with E-state index in [1.54, 1.807) is 0 Å². The molecule has 0 amide bonds. The second-order valence-electron chi connectivity index (χ2n) is 0. The third-order valence-electron chi connectivity index (χ3n) is 0. The van der Waals surface area contributed by atoms with E-state index in [-0.39, 0.29) is 129 Å². The van der Waals surface area contributed by atoms with Gasteiger partial charge in [0.1, 0.15) is 0 Å². The molecule has 0 aliphatic carbocycles. The molecule has 0 saturated carbocycles. The van der Waals surface area contributed by atoms with Crippen molar-refractivity contribution in [2.75, 3.05) is 0 Å². The van der Waals surface area contributed by atoms with E-state index in [2.05, 4.69) is 0 Å². The SMILES string of the molecule is [Ag].[Ce].[InH3].[SeH2].[Ti]. The van der Waals surface area contributed by atoms with E-state index >= 15 is 0 Å². The van der Waals surface area contributed by atoms with E-state index in [4.69, 9.17) is 0 Å². The van der Waals surface area contributed by atoms with Gasteiger partial charge in [0.05, 0.1) is 0 Å². The summed E-state index contributed by atoms with van der Waals surface area (Å²) in [6.45, 7) is 0. The molecule has 0 aliphatic rings. The Bertz CT molecular complexity index is 11.6. The van der Waals surface area contributed by atoms with Gasteiger partial charge in [0, 0.05) is 85.8 Å². The van der Waals surface area contributed by atoms with Crippen LogP contribution in [-0.4, -0.2) is 42.9 Å². The summed E-state index contributed by atoms with van der Waals surface area (Å²) in [5, 5.41) is 0. The Hall–Kier alpha value is 4.22. The number of hydrogen-bond donors (Lipinski definition) is 0. The van der Waals surface area contributed by atoms with E-state index < -0.39 is 0 Å². The van der Waals surface area contributed by atoms with Crippen LogP contribution in [0.2, 0.25) is 0 Å². The average Bonchev–Trinajstić information content (AvgIpc) is 0. The van der Waals surface area contributed by atoms with Gasteiger partial charge in [-0.2, -0.15) is 0 Å². The molecule has 0 atom stereocenters. The standard InChI is InChI=1S/Ag.Ce.In.H2Se.Ti.3H/h;;;1H2;;;;. The molecule has 0 aromatic heterocycles. The van der Waals surface area contributed by atoms with Gasteiger partial charge in [-0.15, -0.1) is 0 Å². The first-order valence-corrected chi connectivity index (χ1v) is 0. The van der Waals surface area contributed by atoms with Crippen molar-refractivity contribution in [1.82, 2.24) is 0 Å². The van der Waals surface area contributed by atoms with Crippen LogP contribution in [0.4, 0.5) is 0 Å². The summed E-state index contributed by atoms with van der Waals surface area (Å²) in [7, 11) is 0. The van der Waals surface area contributed by atoms with Crippen molar-refractivity contribution in [1.29, 1.82) is 0 Å². The maximum absolute atomic E-state index is 0. The third kappa shape index (κ3) is 17.9. The minimum Gasteiger partial charge on any atom is 0 e. The smallest absolute Gasteiger partial charge is 0 e. The van der Waals surface area contributed by atoms with E-state index in [1.807, 2.05) is 0 Å². The van der Waals surface area contributed by atoms with E-state index in [1.165, 1.54) is 0 Å². The molecule has 0 nitrogen and oxygen atoms in total. The third-order valence-corrected chi connectivity index (χ3v) is 0. The van der Waals surface area contributed by atoms with E-state index in [0.29, 0.717) is 0 Å². The topological polar surface area (TPSA) is 0 Å². The van der Waals surface area contributed by atoms with Crippen LogP contribution in [0.1, 0.15) is 0 Å². The van der Waals surface area contributed by atoms with Crippen LogP contribution in [0.25, 0.3) is 0 Å². The minimum atomic E-state index is 0. The first-order valence-electron chi connectivity index (χ1n) is 0. The fourth-order valence-electron chi connectivity index (χ4n) is 0. The Morgan fingerprint density at radius 2 is 1.00 bits per heavy atom. The number of hydrogen-bond acceptors (Lipinski definition) is 0. The zero-order valence-corrected chi connectivity index (χ0v) is 10.1. The molecule has 0 N–H and O–H groups in total. The molecule has 0 rings (SSSR count). The van der Waals surface area contributed by atoms with Gasteiger partial charge in [-0.05, 0) is 0 Å². The molecule has 0 aromatic carbocycles. The monoisotopic (exact) mass is 495 g/mol. The fraction of sp³-hybridized carbons (Fsp3) is 0. The Kier molecular flexibility index (Phi) is 168. The van der Waals surface area contributed by atoms with Crippen LogP contribution in [0.5, 0.6) is 0 Å². The molecule has 0 spiro atoms. The minimum absolute atomic E-state index is 0. The zero-order valence-electron chi connectivity index (χ0n) is 1.80. The van der Waals surface area contributed by atoms with Gasteiger partial charge < -0.3 is 0 Å². The predicted octanol–water partition coefficient (Wildman–Crippen LogP) is -2.11. The van der Waals surface area contributed by atoms with Crippen molar-refractivity contribution in [2.24, 2.45) is 0 Å². The Labute approximate surface area is 125 Å². The van der Waals surface area contributed by atoms with Gasteiger partial charge in [0.25, 0.3) is 0 Å². The Balaban J connectivity index is 0. The van der Waals surface area contributed by atoms with Crippen LogP contribution < -0.4 is 0 Å². The van der Waals surface area contributed by atoms with Crippen LogP contribution in [0, 0.1) is 41.7 Å². The van der Waals surface area contributed by atoms with Gasteiger partial charge in [-0.25, -0.2) is 0 Å². The Morgan fingerprint density at radius 3 is 1.00 bits per heavy atom. The van der Waals surface area contributed by atoms with Gasteiger partial charge in [-0.3, -0.25) is 0 Å². The van der Waals surface area contributed by atoms with Crippen molar-refractivity contribution in [2.45, 2.75) is 0 Å². The summed E-state index contributed by atoms with van der Waals surface area (Å²) in [5.74, 6) is 0. The normalized spacial score (nSPS) is 0. The number of rotatable bonds is 0. The van der Waals surface area contributed by atoms with Crippen molar-refractivity contribution < 1.29 is 85.8 Å². The molecule has 0 aromatic rings. The molecule has 5 heavy (non-hydrogen) atoms. The molecule has 0 aliphatic heterocycles. The van der Waals surface area contributed by atoms with Crippen molar-refractivity contribution in [3.63, 3.8) is 0 Å². The summed E-state index contributed by atoms with van der Waals surface area (Å²) in [4.78, 5) is 0. The molecule has 1 radical (unpaired) electrons. The van der Waals surface area contributed by atoms with Crippen LogP contribution in [0.15, 0.2) is 0 Å². The maximum Gasteiger partial charge on any atom is 0 e. The van der Waals surface area contributed by atoms with Gasteiger partial charge in [-0.1, -0.05) is 0 Å². The first kappa shape index (κ1) is 35.0. The summed E-state index contributed by atoms with van der Waals surface area (Å²) >= 11 is 0. The van der Waals surface area contributed by atoms with Crippen molar-refractivity contribution >= 4 is 42.9 Å². The zero-order chi connectivity index (χ0) is 0. The molecule has 0 unspecified atom stereocenters. The predicted molar refractivity (Wildman–Crippen MR) is 18.5 cm³/mol. The largest absolute Gasteiger partial charge is 0 e. The molecular formula is H5AgCeInSeTi. The molecule has 33 valence electrons. The van der Waals surface area contributed by atoms with E-state index in [9.17, 15) is 0 Å². The maximum atomic E-state index is 0. The molecule has 0 fully saturated rings. The van der Waals surface area contributed by atoms with Gasteiger partial charge in [0.15, 0.2) is 0 Å². The average molecular weight is 495 g/mol. The van der Waals surface area contributed by atoms with Gasteiger partial charge in [0.2, 0.25) is 0 Å². The van der Waals surface area contributed by atoms with Crippen LogP contribution in [-0.2, 0) is 44.1 Å². The van der Waals surface area contributed by atoms with Crippen LogP contribution >= 0.6 is 0 Å². The second kappa shape index (κ2) is 24.1. The molecule has 0 saturated heterocycles. The summed E-state index contributed by atoms with van der Waals surface area (Å²) in [6.07, 6.45) is 0. The first-order chi connectivity index (χ1) is 0. The van der Waals surface area contributed by atoms with E-state index in [0.717, 1.165) is 0 Å². The quantitative estimate of drug-likeness (QED) is 0.339. The second-order valence-corrected chi connectivity index (χ2v) is 0. The summed E-state index contributed by atoms with van der Waals surface area (Å²) in [6, 6.07) is 0. The Morgan fingerprint density at radius 1 is 1.00 bits per heavy atom. The molecular weight excluding hydrogens is 490 g/mol. The molecule has 0 bridgehead atoms. The molecule has 0 heterocycles. The van der Waals surface area contributed by atoms with Crippen LogP contribution in [0.3, 0.4) is 0 Å². The van der Waals surface area contributed by atoms with Crippen molar-refractivity contribution in [3.05, 3.63) is 0 Å². The van der Waals surface area contributed by atoms with Crippen molar-refractivity contribution in [3.8, 4) is 0 Å².